The number of piperidine rings is 1. The molecule has 4 rings (SSSR count). The number of nitrogens with zero attached hydrogens (tertiary/aromatic N) is 2. The van der Waals surface area contributed by atoms with Crippen LogP contribution in [0, 0.1) is 0 Å². The maximum Gasteiger partial charge on any atom is 0.321 e. The third-order valence-electron chi connectivity index (χ3n) is 5.48. The minimum absolute atomic E-state index is 0.0459. The maximum atomic E-state index is 12.7. The summed E-state index contributed by atoms with van der Waals surface area (Å²) in [6, 6.07) is 3.57. The molecule has 152 valence electrons. The number of benzene rings is 1. The second kappa shape index (κ2) is 8.14. The zero-order valence-electron chi connectivity index (χ0n) is 15.9. The molecule has 28 heavy (non-hydrogen) atoms. The summed E-state index contributed by atoms with van der Waals surface area (Å²) >= 11 is 6.27. The average Bonchev–Trinajstić information content (AvgIpc) is 2.69. The zero-order chi connectivity index (χ0) is 19.7. The SMILES string of the molecule is C[C@@H]1CN(C2CCN(C(=O)Nc3cc4c(cc3Cl)NC(=O)CO4)CC2)CCO1. The first-order valence-corrected chi connectivity index (χ1v) is 10.0. The van der Waals surface area contributed by atoms with E-state index in [9.17, 15) is 9.59 Å². The van der Waals surface area contributed by atoms with E-state index in [0.717, 1.165) is 32.5 Å². The number of morpholine rings is 1. The molecule has 0 aromatic heterocycles. The van der Waals surface area contributed by atoms with Crippen LogP contribution in [0.4, 0.5) is 16.2 Å². The van der Waals surface area contributed by atoms with Gasteiger partial charge in [0.2, 0.25) is 0 Å². The van der Waals surface area contributed by atoms with Gasteiger partial charge in [0.1, 0.15) is 5.75 Å². The Kier molecular flexibility index (Phi) is 5.61. The summed E-state index contributed by atoms with van der Waals surface area (Å²) in [4.78, 5) is 28.4. The van der Waals surface area contributed by atoms with Gasteiger partial charge in [-0.25, -0.2) is 4.79 Å². The predicted molar refractivity (Wildman–Crippen MR) is 106 cm³/mol. The number of nitrogens with one attached hydrogen (secondary N) is 2. The highest BCUT2D eigenvalue weighted by molar-refractivity contribution is 6.34. The minimum Gasteiger partial charge on any atom is -0.482 e. The standard InChI is InChI=1S/C19H25ClN4O4/c1-12-10-24(6-7-27-12)13-2-4-23(5-3-13)19(26)22-15-9-17-16(8-14(15)20)21-18(25)11-28-17/h8-9,12-13H,2-7,10-11H2,1H3,(H,21,25)(H,22,26)/t12-/m1/s1. The lowest BCUT2D eigenvalue weighted by molar-refractivity contribution is -0.118. The number of urea groups is 1. The van der Waals surface area contributed by atoms with Crippen molar-refractivity contribution in [3.05, 3.63) is 17.2 Å². The molecule has 9 heteroatoms. The van der Waals surface area contributed by atoms with E-state index in [2.05, 4.69) is 22.5 Å². The molecule has 0 aliphatic carbocycles. The number of hydrogen-bond donors (Lipinski definition) is 2. The maximum absolute atomic E-state index is 12.7. The molecular weight excluding hydrogens is 384 g/mol. The van der Waals surface area contributed by atoms with E-state index in [4.69, 9.17) is 21.1 Å². The second-order valence-electron chi connectivity index (χ2n) is 7.49. The van der Waals surface area contributed by atoms with Crippen LogP contribution in [0.2, 0.25) is 5.02 Å². The van der Waals surface area contributed by atoms with E-state index in [1.807, 2.05) is 4.90 Å². The molecule has 0 bridgehead atoms. The fraction of sp³-hybridized carbons (Fsp3) is 0.579. The molecule has 3 heterocycles. The lowest BCUT2D eigenvalue weighted by Crippen LogP contribution is -2.52. The number of likely N-dealkylation sites (tertiary alicyclic amines) is 1. The zero-order valence-corrected chi connectivity index (χ0v) is 16.6. The van der Waals surface area contributed by atoms with Crippen molar-refractivity contribution in [3.8, 4) is 5.75 Å². The number of amides is 3. The third kappa shape index (κ3) is 4.19. The van der Waals surface area contributed by atoms with Crippen LogP contribution in [0.25, 0.3) is 0 Å². The number of anilines is 2. The van der Waals surface area contributed by atoms with Gasteiger partial charge in [0, 0.05) is 38.3 Å². The Morgan fingerprint density at radius 3 is 2.82 bits per heavy atom. The molecular formula is C19H25ClN4O4. The van der Waals surface area contributed by atoms with Crippen LogP contribution in [-0.4, -0.2) is 73.3 Å². The molecule has 0 saturated carbocycles. The second-order valence-corrected chi connectivity index (χ2v) is 7.90. The van der Waals surface area contributed by atoms with Crippen LogP contribution >= 0.6 is 11.6 Å². The monoisotopic (exact) mass is 408 g/mol. The van der Waals surface area contributed by atoms with Gasteiger partial charge in [-0.1, -0.05) is 11.6 Å². The van der Waals surface area contributed by atoms with Crippen LogP contribution in [0.3, 0.4) is 0 Å². The van der Waals surface area contributed by atoms with Gasteiger partial charge in [-0.2, -0.15) is 0 Å². The van der Waals surface area contributed by atoms with Crippen LogP contribution < -0.4 is 15.4 Å². The fourth-order valence-electron chi connectivity index (χ4n) is 4.00. The molecule has 3 aliphatic rings. The molecule has 2 fully saturated rings. The quantitative estimate of drug-likeness (QED) is 0.785. The molecule has 1 atom stereocenters. The van der Waals surface area contributed by atoms with E-state index in [1.165, 1.54) is 0 Å². The van der Waals surface area contributed by atoms with Crippen molar-refractivity contribution in [1.29, 1.82) is 0 Å². The number of rotatable bonds is 2. The van der Waals surface area contributed by atoms with Gasteiger partial charge in [-0.05, 0) is 25.8 Å². The third-order valence-corrected chi connectivity index (χ3v) is 5.80. The highest BCUT2D eigenvalue weighted by atomic mass is 35.5. The van der Waals surface area contributed by atoms with Crippen molar-refractivity contribution < 1.29 is 19.1 Å². The summed E-state index contributed by atoms with van der Waals surface area (Å²) in [5, 5.41) is 5.93. The molecule has 0 unspecified atom stereocenters. The molecule has 1 aromatic carbocycles. The van der Waals surface area contributed by atoms with Crippen molar-refractivity contribution in [2.75, 3.05) is 50.0 Å². The highest BCUT2D eigenvalue weighted by Crippen LogP contribution is 2.36. The Bertz CT molecular complexity index is 767. The van der Waals surface area contributed by atoms with Gasteiger partial charge >= 0.3 is 6.03 Å². The van der Waals surface area contributed by atoms with Gasteiger partial charge in [0.25, 0.3) is 5.91 Å². The molecule has 2 N–H and O–H groups in total. The number of halogens is 1. The van der Waals surface area contributed by atoms with E-state index < -0.39 is 0 Å². The molecule has 1 aromatic rings. The Morgan fingerprint density at radius 1 is 1.29 bits per heavy atom. The smallest absolute Gasteiger partial charge is 0.321 e. The first-order valence-electron chi connectivity index (χ1n) is 9.67. The number of ether oxygens (including phenoxy) is 2. The van der Waals surface area contributed by atoms with Crippen molar-refractivity contribution >= 4 is 34.9 Å². The van der Waals surface area contributed by atoms with Crippen LogP contribution in [0.1, 0.15) is 19.8 Å². The Morgan fingerprint density at radius 2 is 2.07 bits per heavy atom. The highest BCUT2D eigenvalue weighted by Gasteiger charge is 2.30. The van der Waals surface area contributed by atoms with Crippen LogP contribution in [-0.2, 0) is 9.53 Å². The van der Waals surface area contributed by atoms with E-state index in [-0.39, 0.29) is 24.6 Å². The topological polar surface area (TPSA) is 83.1 Å². The predicted octanol–water partition coefficient (Wildman–Crippen LogP) is 2.39. The summed E-state index contributed by atoms with van der Waals surface area (Å²) in [6.07, 6.45) is 2.17. The van der Waals surface area contributed by atoms with Crippen molar-refractivity contribution in [3.63, 3.8) is 0 Å². The van der Waals surface area contributed by atoms with E-state index in [1.54, 1.807) is 12.1 Å². The van der Waals surface area contributed by atoms with E-state index in [0.29, 0.717) is 41.3 Å². The number of fused-ring (bicyclic) bond motifs is 1. The van der Waals surface area contributed by atoms with Gasteiger partial charge < -0.3 is 25.0 Å². The first-order chi connectivity index (χ1) is 13.5. The largest absolute Gasteiger partial charge is 0.482 e. The van der Waals surface area contributed by atoms with Crippen molar-refractivity contribution in [2.24, 2.45) is 0 Å². The molecule has 3 aliphatic heterocycles. The Hall–Kier alpha value is -2.03. The summed E-state index contributed by atoms with van der Waals surface area (Å²) in [7, 11) is 0. The summed E-state index contributed by atoms with van der Waals surface area (Å²) < 4.78 is 11.0. The molecule has 3 amide bonds. The summed E-state index contributed by atoms with van der Waals surface area (Å²) in [5.74, 6) is 0.275. The molecule has 8 nitrogen and oxygen atoms in total. The van der Waals surface area contributed by atoms with Gasteiger partial charge in [0.15, 0.2) is 6.61 Å². The lowest BCUT2D eigenvalue weighted by atomic mass is 10.0. The first kappa shape index (κ1) is 19.3. The normalized spacial score (nSPS) is 23.6. The Balaban J connectivity index is 1.34. The Labute approximate surface area is 169 Å². The van der Waals surface area contributed by atoms with Gasteiger partial charge in [-0.15, -0.1) is 0 Å². The van der Waals surface area contributed by atoms with Gasteiger partial charge in [-0.3, -0.25) is 9.69 Å². The molecule has 2 saturated heterocycles. The van der Waals surface area contributed by atoms with Gasteiger partial charge in [0.05, 0.1) is 29.1 Å². The van der Waals surface area contributed by atoms with Crippen molar-refractivity contribution in [1.82, 2.24) is 9.80 Å². The number of carbonyl (C=O) groups excluding carboxylic acids is 2. The van der Waals surface area contributed by atoms with Crippen LogP contribution in [0.5, 0.6) is 5.75 Å². The number of hydrogen-bond acceptors (Lipinski definition) is 5. The summed E-state index contributed by atoms with van der Waals surface area (Å²) in [5.41, 5.74) is 0.991. The minimum atomic E-state index is -0.224. The van der Waals surface area contributed by atoms with Crippen molar-refractivity contribution in [2.45, 2.75) is 31.9 Å². The molecule has 0 spiro atoms. The number of carbonyl (C=O) groups is 2. The molecule has 0 radical (unpaired) electrons. The fourth-order valence-corrected chi connectivity index (χ4v) is 4.21. The van der Waals surface area contributed by atoms with E-state index >= 15 is 0 Å². The summed E-state index contributed by atoms with van der Waals surface area (Å²) in [6.45, 7) is 6.17. The lowest BCUT2D eigenvalue weighted by Gasteiger charge is -2.41. The van der Waals surface area contributed by atoms with Crippen LogP contribution in [0.15, 0.2) is 12.1 Å². The average molecular weight is 409 g/mol.